The molecule has 1 atom stereocenters. The summed E-state index contributed by atoms with van der Waals surface area (Å²) in [5, 5.41) is 17.2. The Morgan fingerprint density at radius 3 is 2.70 bits per heavy atom. The van der Waals surface area contributed by atoms with E-state index in [0.29, 0.717) is 6.42 Å². The van der Waals surface area contributed by atoms with Gasteiger partial charge in [0, 0.05) is 6.42 Å². The van der Waals surface area contributed by atoms with Gasteiger partial charge in [0.2, 0.25) is 0 Å². The predicted octanol–water partition coefficient (Wildman–Crippen LogP) is 0.826. The third kappa shape index (κ3) is 5.56. The minimum absolute atomic E-state index is 0.0544. The molecular formula is C7H13O3. The van der Waals surface area contributed by atoms with Crippen LogP contribution in [0.15, 0.2) is 0 Å². The first-order valence-electron chi connectivity index (χ1n) is 3.40. The van der Waals surface area contributed by atoms with Crippen molar-refractivity contribution in [2.75, 3.05) is 0 Å². The third-order valence-electron chi connectivity index (χ3n) is 1.15. The fraction of sp³-hybridized carbons (Fsp3) is 0.714. The van der Waals surface area contributed by atoms with Crippen molar-refractivity contribution in [3.63, 3.8) is 0 Å². The van der Waals surface area contributed by atoms with Gasteiger partial charge < -0.3 is 10.2 Å². The van der Waals surface area contributed by atoms with Crippen molar-refractivity contribution in [3.8, 4) is 0 Å². The molecule has 0 aliphatic rings. The largest absolute Gasteiger partial charge is 0.481 e. The first kappa shape index (κ1) is 9.43. The highest BCUT2D eigenvalue weighted by atomic mass is 16.4. The lowest BCUT2D eigenvalue weighted by atomic mass is 10.1. The van der Waals surface area contributed by atoms with E-state index in [1.54, 1.807) is 0 Å². The van der Waals surface area contributed by atoms with Crippen molar-refractivity contribution in [1.82, 2.24) is 0 Å². The molecule has 0 saturated heterocycles. The minimum Gasteiger partial charge on any atom is -0.481 e. The first-order chi connectivity index (χ1) is 4.66. The monoisotopic (exact) mass is 145 g/mol. The second-order valence-corrected chi connectivity index (χ2v) is 2.19. The van der Waals surface area contributed by atoms with E-state index in [4.69, 9.17) is 10.2 Å². The fourth-order valence-electron chi connectivity index (χ4n) is 0.650. The Bertz CT molecular complexity index is 101. The molecule has 0 rings (SSSR count). The number of hydrogen-bond donors (Lipinski definition) is 2. The van der Waals surface area contributed by atoms with Crippen LogP contribution in [0.3, 0.4) is 0 Å². The van der Waals surface area contributed by atoms with Crippen LogP contribution in [0.1, 0.15) is 26.2 Å². The van der Waals surface area contributed by atoms with Crippen LogP contribution in [-0.4, -0.2) is 22.3 Å². The lowest BCUT2D eigenvalue weighted by Gasteiger charge is -2.04. The summed E-state index contributed by atoms with van der Waals surface area (Å²) in [7, 11) is 0. The predicted molar refractivity (Wildman–Crippen MR) is 37.5 cm³/mol. The van der Waals surface area contributed by atoms with Crippen LogP contribution in [0.5, 0.6) is 0 Å². The van der Waals surface area contributed by atoms with Gasteiger partial charge in [0.05, 0.1) is 12.5 Å². The number of rotatable bonds is 5. The number of carboxylic acid groups (broad SMARTS) is 1. The lowest BCUT2D eigenvalue weighted by Crippen LogP contribution is -2.09. The molecule has 0 aromatic carbocycles. The number of aliphatic hydroxyl groups is 1. The average molecular weight is 145 g/mol. The van der Waals surface area contributed by atoms with E-state index in [1.807, 2.05) is 6.92 Å². The van der Waals surface area contributed by atoms with Crippen LogP contribution in [0, 0.1) is 6.42 Å². The maximum atomic E-state index is 9.97. The quantitative estimate of drug-likeness (QED) is 0.602. The highest BCUT2D eigenvalue weighted by molar-refractivity contribution is 5.68. The molecule has 0 spiro atoms. The molecule has 0 aliphatic carbocycles. The van der Waals surface area contributed by atoms with Crippen LogP contribution in [-0.2, 0) is 4.79 Å². The molecule has 0 saturated carbocycles. The number of hydrogen-bond acceptors (Lipinski definition) is 2. The Kier molecular flexibility index (Phi) is 4.94. The number of carbonyl (C=O) groups is 1. The van der Waals surface area contributed by atoms with Crippen molar-refractivity contribution in [3.05, 3.63) is 6.42 Å². The van der Waals surface area contributed by atoms with Crippen LogP contribution in [0.2, 0.25) is 0 Å². The SMILES string of the molecule is CCCC(O)[CH]CC(=O)O. The normalized spacial score (nSPS) is 13.0. The third-order valence-corrected chi connectivity index (χ3v) is 1.15. The molecule has 3 heteroatoms. The molecule has 0 aromatic rings. The highest BCUT2D eigenvalue weighted by Crippen LogP contribution is 2.02. The van der Waals surface area contributed by atoms with Gasteiger partial charge in [0.25, 0.3) is 0 Å². The topological polar surface area (TPSA) is 57.5 Å². The van der Waals surface area contributed by atoms with E-state index in [9.17, 15) is 4.79 Å². The second-order valence-electron chi connectivity index (χ2n) is 2.19. The summed E-state index contributed by atoms with van der Waals surface area (Å²) in [5.74, 6) is -0.893. The summed E-state index contributed by atoms with van der Waals surface area (Å²) in [6.07, 6.45) is 2.32. The van der Waals surface area contributed by atoms with Crippen molar-refractivity contribution < 1.29 is 15.0 Å². The molecule has 0 aliphatic heterocycles. The van der Waals surface area contributed by atoms with Crippen LogP contribution in [0.4, 0.5) is 0 Å². The molecule has 0 aromatic heterocycles. The van der Waals surface area contributed by atoms with Crippen molar-refractivity contribution in [2.45, 2.75) is 32.3 Å². The first-order valence-corrected chi connectivity index (χ1v) is 3.40. The Labute approximate surface area is 60.7 Å². The van der Waals surface area contributed by atoms with Gasteiger partial charge in [-0.2, -0.15) is 0 Å². The zero-order chi connectivity index (χ0) is 7.98. The summed E-state index contributed by atoms with van der Waals surface area (Å²) >= 11 is 0. The zero-order valence-corrected chi connectivity index (χ0v) is 6.08. The Morgan fingerprint density at radius 2 is 2.30 bits per heavy atom. The minimum atomic E-state index is -0.893. The molecule has 0 bridgehead atoms. The van der Waals surface area contributed by atoms with Gasteiger partial charge in [0.15, 0.2) is 0 Å². The molecule has 0 fully saturated rings. The van der Waals surface area contributed by atoms with Gasteiger partial charge >= 0.3 is 5.97 Å². The molecule has 0 heterocycles. The lowest BCUT2D eigenvalue weighted by molar-refractivity contribution is -0.136. The highest BCUT2D eigenvalue weighted by Gasteiger charge is 2.05. The standard InChI is InChI=1S/C7H13O3/c1-2-3-6(8)4-5-7(9)10/h4,6,8H,2-3,5H2,1H3,(H,9,10). The van der Waals surface area contributed by atoms with E-state index >= 15 is 0 Å². The molecule has 2 N–H and O–H groups in total. The Balaban J connectivity index is 3.21. The smallest absolute Gasteiger partial charge is 0.303 e. The Hall–Kier alpha value is -0.570. The number of aliphatic carboxylic acids is 1. The van der Waals surface area contributed by atoms with E-state index in [-0.39, 0.29) is 6.42 Å². The molecule has 1 radical (unpaired) electrons. The van der Waals surface area contributed by atoms with Gasteiger partial charge in [-0.3, -0.25) is 4.79 Å². The van der Waals surface area contributed by atoms with E-state index < -0.39 is 12.1 Å². The van der Waals surface area contributed by atoms with Gasteiger partial charge in [-0.25, -0.2) is 0 Å². The molecule has 10 heavy (non-hydrogen) atoms. The summed E-state index contributed by atoms with van der Waals surface area (Å²) in [6, 6.07) is 0. The van der Waals surface area contributed by atoms with Gasteiger partial charge in [-0.15, -0.1) is 0 Å². The average Bonchev–Trinajstić information content (AvgIpc) is 1.85. The second kappa shape index (κ2) is 5.23. The molecular weight excluding hydrogens is 132 g/mol. The van der Waals surface area contributed by atoms with Gasteiger partial charge in [-0.05, 0) is 6.42 Å². The molecule has 0 amide bonds. The summed E-state index contributed by atoms with van der Waals surface area (Å²) in [6.45, 7) is 1.94. The van der Waals surface area contributed by atoms with Crippen molar-refractivity contribution in [1.29, 1.82) is 0 Å². The fourth-order valence-corrected chi connectivity index (χ4v) is 0.650. The maximum Gasteiger partial charge on any atom is 0.303 e. The van der Waals surface area contributed by atoms with E-state index in [2.05, 4.69) is 0 Å². The summed E-state index contributed by atoms with van der Waals surface area (Å²) < 4.78 is 0. The maximum absolute atomic E-state index is 9.97. The Morgan fingerprint density at radius 1 is 1.70 bits per heavy atom. The van der Waals surface area contributed by atoms with Crippen LogP contribution in [0.25, 0.3) is 0 Å². The van der Waals surface area contributed by atoms with Crippen molar-refractivity contribution in [2.24, 2.45) is 0 Å². The molecule has 3 nitrogen and oxygen atoms in total. The number of carboxylic acids is 1. The molecule has 59 valence electrons. The van der Waals surface area contributed by atoms with Gasteiger partial charge in [0.1, 0.15) is 0 Å². The van der Waals surface area contributed by atoms with E-state index in [0.717, 1.165) is 6.42 Å². The summed E-state index contributed by atoms with van der Waals surface area (Å²) in [5.41, 5.74) is 0. The molecule has 1 unspecified atom stereocenters. The van der Waals surface area contributed by atoms with E-state index in [1.165, 1.54) is 6.42 Å². The zero-order valence-electron chi connectivity index (χ0n) is 6.08. The van der Waals surface area contributed by atoms with Crippen LogP contribution >= 0.6 is 0 Å². The summed E-state index contributed by atoms with van der Waals surface area (Å²) in [4.78, 5) is 9.97. The van der Waals surface area contributed by atoms with Crippen LogP contribution < -0.4 is 0 Å². The van der Waals surface area contributed by atoms with Crippen molar-refractivity contribution >= 4 is 5.97 Å². The van der Waals surface area contributed by atoms with Gasteiger partial charge in [-0.1, -0.05) is 13.3 Å². The number of aliphatic hydroxyl groups excluding tert-OH is 1.